The summed E-state index contributed by atoms with van der Waals surface area (Å²) in [6.45, 7) is 5.88. The highest BCUT2D eigenvalue weighted by atomic mass is 32.2. The summed E-state index contributed by atoms with van der Waals surface area (Å²) in [6, 6.07) is 5.24. The third-order valence-electron chi connectivity index (χ3n) is 4.05. The first-order chi connectivity index (χ1) is 10.0. The van der Waals surface area contributed by atoms with E-state index in [1.165, 1.54) is 12.8 Å². The Balaban J connectivity index is 1.92. The van der Waals surface area contributed by atoms with Gasteiger partial charge in [0.1, 0.15) is 0 Å². The van der Waals surface area contributed by atoms with Gasteiger partial charge in [0, 0.05) is 13.1 Å². The molecular weight excluding hydrogens is 286 g/mol. The van der Waals surface area contributed by atoms with E-state index in [1.54, 1.807) is 19.1 Å². The molecule has 0 spiro atoms. The van der Waals surface area contributed by atoms with Gasteiger partial charge in [-0.15, -0.1) is 0 Å². The van der Waals surface area contributed by atoms with Crippen LogP contribution in [0.3, 0.4) is 0 Å². The number of sulfonamides is 1. The Morgan fingerprint density at radius 2 is 2.00 bits per heavy atom. The fourth-order valence-corrected chi connectivity index (χ4v) is 4.13. The standard InChI is InChI=1S/C15H25N3O2S/c1-13-14(12-16)6-4-7-15(13)21(19,20)17-8-5-11-18-9-2-3-10-18/h4,6-7,17H,2-3,5,8-12,16H2,1H3. The van der Waals surface area contributed by atoms with Crippen molar-refractivity contribution in [2.75, 3.05) is 26.2 Å². The molecule has 1 fully saturated rings. The second-order valence-corrected chi connectivity index (χ2v) is 7.28. The van der Waals surface area contributed by atoms with Crippen LogP contribution in [0.1, 0.15) is 30.4 Å². The molecule has 0 saturated carbocycles. The molecule has 1 aliphatic heterocycles. The maximum atomic E-state index is 12.4. The summed E-state index contributed by atoms with van der Waals surface area (Å²) in [6.07, 6.45) is 3.36. The minimum Gasteiger partial charge on any atom is -0.326 e. The van der Waals surface area contributed by atoms with Crippen molar-refractivity contribution >= 4 is 10.0 Å². The minimum absolute atomic E-state index is 0.339. The van der Waals surface area contributed by atoms with Crippen molar-refractivity contribution in [2.24, 2.45) is 5.73 Å². The lowest BCUT2D eigenvalue weighted by molar-refractivity contribution is 0.334. The lowest BCUT2D eigenvalue weighted by atomic mass is 10.1. The average Bonchev–Trinajstić information content (AvgIpc) is 2.97. The minimum atomic E-state index is -3.44. The fourth-order valence-electron chi connectivity index (χ4n) is 2.77. The van der Waals surface area contributed by atoms with E-state index in [0.29, 0.717) is 18.0 Å². The zero-order valence-electron chi connectivity index (χ0n) is 12.6. The lowest BCUT2D eigenvalue weighted by Gasteiger charge is -2.15. The molecule has 21 heavy (non-hydrogen) atoms. The number of nitrogens with one attached hydrogen (secondary N) is 1. The van der Waals surface area contributed by atoms with Gasteiger partial charge >= 0.3 is 0 Å². The summed E-state index contributed by atoms with van der Waals surface area (Å²) in [5.41, 5.74) is 7.25. The smallest absolute Gasteiger partial charge is 0.240 e. The van der Waals surface area contributed by atoms with Gasteiger partial charge < -0.3 is 10.6 Å². The molecule has 0 aromatic heterocycles. The third kappa shape index (κ3) is 4.26. The molecule has 3 N–H and O–H groups in total. The molecule has 0 atom stereocenters. The SMILES string of the molecule is Cc1c(CN)cccc1S(=O)(=O)NCCCN1CCCC1. The van der Waals surface area contributed by atoms with Crippen LogP contribution in [0.2, 0.25) is 0 Å². The molecule has 1 aromatic rings. The molecule has 1 saturated heterocycles. The van der Waals surface area contributed by atoms with E-state index in [1.807, 2.05) is 6.07 Å². The van der Waals surface area contributed by atoms with Crippen molar-refractivity contribution in [3.05, 3.63) is 29.3 Å². The topological polar surface area (TPSA) is 75.4 Å². The molecule has 0 bridgehead atoms. The Bertz CT molecular complexity index is 566. The number of likely N-dealkylation sites (tertiary alicyclic amines) is 1. The van der Waals surface area contributed by atoms with Crippen LogP contribution < -0.4 is 10.5 Å². The second-order valence-electron chi connectivity index (χ2n) is 5.54. The molecule has 0 radical (unpaired) electrons. The molecule has 118 valence electrons. The normalized spacial score (nSPS) is 16.5. The molecule has 0 aliphatic carbocycles. The van der Waals surface area contributed by atoms with Gasteiger partial charge in [-0.25, -0.2) is 13.1 Å². The summed E-state index contributed by atoms with van der Waals surface area (Å²) in [4.78, 5) is 2.72. The first kappa shape index (κ1) is 16.4. The Morgan fingerprint density at radius 1 is 1.29 bits per heavy atom. The van der Waals surface area contributed by atoms with Crippen molar-refractivity contribution in [1.82, 2.24) is 9.62 Å². The van der Waals surface area contributed by atoms with Crippen LogP contribution in [0.15, 0.2) is 23.1 Å². The summed E-state index contributed by atoms with van der Waals surface area (Å²) in [5.74, 6) is 0. The van der Waals surface area contributed by atoms with Gasteiger partial charge in [0.05, 0.1) is 4.90 Å². The first-order valence-corrected chi connectivity index (χ1v) is 9.03. The number of hydrogen-bond acceptors (Lipinski definition) is 4. The van der Waals surface area contributed by atoms with E-state index in [4.69, 9.17) is 5.73 Å². The second kappa shape index (κ2) is 7.35. The van der Waals surface area contributed by atoms with E-state index >= 15 is 0 Å². The Morgan fingerprint density at radius 3 is 2.67 bits per heavy atom. The van der Waals surface area contributed by atoms with Crippen LogP contribution in [0, 0.1) is 6.92 Å². The molecule has 2 rings (SSSR count). The predicted molar refractivity (Wildman–Crippen MR) is 84.5 cm³/mol. The van der Waals surface area contributed by atoms with Crippen molar-refractivity contribution in [3.8, 4) is 0 Å². The zero-order chi connectivity index (χ0) is 15.3. The molecule has 0 amide bonds. The number of nitrogens with two attached hydrogens (primary N) is 1. The van der Waals surface area contributed by atoms with E-state index in [2.05, 4.69) is 9.62 Å². The lowest BCUT2D eigenvalue weighted by Crippen LogP contribution is -2.29. The predicted octanol–water partition coefficient (Wildman–Crippen LogP) is 1.22. The Kier molecular flexibility index (Phi) is 5.75. The summed E-state index contributed by atoms with van der Waals surface area (Å²) >= 11 is 0. The van der Waals surface area contributed by atoms with Crippen molar-refractivity contribution in [1.29, 1.82) is 0 Å². The number of rotatable bonds is 7. The van der Waals surface area contributed by atoms with Gasteiger partial charge in [-0.3, -0.25) is 0 Å². The highest BCUT2D eigenvalue weighted by Gasteiger charge is 2.18. The number of nitrogens with zero attached hydrogens (tertiary/aromatic N) is 1. The molecule has 5 nitrogen and oxygen atoms in total. The Hall–Kier alpha value is -0.950. The first-order valence-electron chi connectivity index (χ1n) is 7.55. The van der Waals surface area contributed by atoms with Crippen LogP contribution >= 0.6 is 0 Å². The maximum absolute atomic E-state index is 12.4. The van der Waals surface area contributed by atoms with Gasteiger partial charge in [0.2, 0.25) is 10.0 Å². The largest absolute Gasteiger partial charge is 0.326 e. The van der Waals surface area contributed by atoms with Gasteiger partial charge in [-0.05, 0) is 63.0 Å². The number of benzene rings is 1. The van der Waals surface area contributed by atoms with Gasteiger partial charge in [-0.2, -0.15) is 0 Å². The van der Waals surface area contributed by atoms with Crippen LogP contribution in [0.4, 0.5) is 0 Å². The molecule has 1 aliphatic rings. The van der Waals surface area contributed by atoms with E-state index in [0.717, 1.165) is 37.2 Å². The van der Waals surface area contributed by atoms with E-state index in [-0.39, 0.29) is 0 Å². The fraction of sp³-hybridized carbons (Fsp3) is 0.600. The zero-order valence-corrected chi connectivity index (χ0v) is 13.5. The van der Waals surface area contributed by atoms with Crippen molar-refractivity contribution < 1.29 is 8.42 Å². The summed E-state index contributed by atoms with van der Waals surface area (Å²) < 4.78 is 27.4. The van der Waals surface area contributed by atoms with Crippen molar-refractivity contribution in [3.63, 3.8) is 0 Å². The molecule has 6 heteroatoms. The summed E-state index contributed by atoms with van der Waals surface area (Å²) in [5, 5.41) is 0. The van der Waals surface area contributed by atoms with Crippen LogP contribution in [-0.4, -0.2) is 39.5 Å². The molecule has 0 unspecified atom stereocenters. The average molecular weight is 311 g/mol. The number of hydrogen-bond donors (Lipinski definition) is 2. The quantitative estimate of drug-likeness (QED) is 0.742. The monoisotopic (exact) mass is 311 g/mol. The van der Waals surface area contributed by atoms with Gasteiger partial charge in [0.15, 0.2) is 0 Å². The summed E-state index contributed by atoms with van der Waals surface area (Å²) in [7, 11) is -3.44. The van der Waals surface area contributed by atoms with Crippen LogP contribution in [-0.2, 0) is 16.6 Å². The third-order valence-corrected chi connectivity index (χ3v) is 5.65. The van der Waals surface area contributed by atoms with Crippen molar-refractivity contribution in [2.45, 2.75) is 37.6 Å². The van der Waals surface area contributed by atoms with E-state index < -0.39 is 10.0 Å². The van der Waals surface area contributed by atoms with Gasteiger partial charge in [0.25, 0.3) is 0 Å². The highest BCUT2D eigenvalue weighted by molar-refractivity contribution is 7.89. The highest BCUT2D eigenvalue weighted by Crippen LogP contribution is 2.18. The Labute approximate surface area is 127 Å². The van der Waals surface area contributed by atoms with E-state index in [9.17, 15) is 8.42 Å². The van der Waals surface area contributed by atoms with Crippen LogP contribution in [0.5, 0.6) is 0 Å². The van der Waals surface area contributed by atoms with Gasteiger partial charge in [-0.1, -0.05) is 12.1 Å². The molecule has 1 heterocycles. The van der Waals surface area contributed by atoms with Crippen LogP contribution in [0.25, 0.3) is 0 Å². The molecular formula is C15H25N3O2S. The molecule has 1 aromatic carbocycles. The maximum Gasteiger partial charge on any atom is 0.240 e.